The average Bonchev–Trinajstić information content (AvgIpc) is 3.63. The molecule has 1 saturated carbocycles. The number of aromatic hydroxyl groups is 1. The summed E-state index contributed by atoms with van der Waals surface area (Å²) in [7, 11) is 6.80. The van der Waals surface area contributed by atoms with Gasteiger partial charge in [0.15, 0.2) is 11.4 Å². The Bertz CT molecular complexity index is 1650. The molecule has 4 aliphatic rings. The van der Waals surface area contributed by atoms with Crippen LogP contribution in [0.4, 0.5) is 5.69 Å². The number of carbonyl (C=O) groups is 3. The van der Waals surface area contributed by atoms with E-state index in [2.05, 4.69) is 4.90 Å². The van der Waals surface area contributed by atoms with Gasteiger partial charge in [-0.1, -0.05) is 0 Å². The summed E-state index contributed by atoms with van der Waals surface area (Å²) in [6.45, 7) is 2.62. The van der Waals surface area contributed by atoms with Crippen molar-refractivity contribution in [2.45, 2.75) is 43.9 Å². The molecule has 1 aromatic heterocycles. The van der Waals surface area contributed by atoms with Crippen LogP contribution in [0.15, 0.2) is 39.5 Å². The summed E-state index contributed by atoms with van der Waals surface area (Å²) < 4.78 is 6.14. The standard InChI is InChI=1S/C32H38N4O8/c1-34(2)20-13-18(21-8-7-16(44-21)14-36-9-5-6-10-36)26(37)23-17(20)11-15-12-19-25(35(3)4)28(39)24(31(33)42)30(41)32(19,43)29(40)22(15)27(23)38/h7-8,13,15,19,25,37-38,41,43H,5-6,9-12,14H2,1-4H3,(H2,33,42)/t15?,19?,25-,32?/m0/s1. The molecule has 6 N–H and O–H groups in total. The Balaban J connectivity index is 1.50. The Morgan fingerprint density at radius 2 is 1.80 bits per heavy atom. The van der Waals surface area contributed by atoms with E-state index in [4.69, 9.17) is 10.2 Å². The first-order valence-corrected chi connectivity index (χ1v) is 14.8. The molecule has 234 valence electrons. The lowest BCUT2D eigenvalue weighted by Crippen LogP contribution is -2.65. The fourth-order valence-electron chi connectivity index (χ4n) is 7.65. The lowest BCUT2D eigenvalue weighted by Gasteiger charge is -2.50. The smallest absolute Gasteiger partial charge is 0.255 e. The monoisotopic (exact) mass is 606 g/mol. The summed E-state index contributed by atoms with van der Waals surface area (Å²) >= 11 is 0. The number of furan rings is 1. The van der Waals surface area contributed by atoms with Crippen molar-refractivity contribution in [1.82, 2.24) is 9.80 Å². The molecular formula is C32H38N4O8. The summed E-state index contributed by atoms with van der Waals surface area (Å²) in [4.78, 5) is 45.3. The van der Waals surface area contributed by atoms with Gasteiger partial charge in [-0.2, -0.15) is 0 Å². The van der Waals surface area contributed by atoms with Gasteiger partial charge in [0.05, 0.1) is 23.7 Å². The SMILES string of the molecule is CN(C)c1cc(-c2ccc(CN3CCCC3)o2)c(O)c2c1CC1CC3[C@H](N(C)C)C(=O)C(C(N)=O)=C(O)C3(O)C(=O)C1=C2O. The third-order valence-corrected chi connectivity index (χ3v) is 9.68. The van der Waals surface area contributed by atoms with Gasteiger partial charge in [-0.15, -0.1) is 0 Å². The van der Waals surface area contributed by atoms with E-state index in [0.29, 0.717) is 29.1 Å². The largest absolute Gasteiger partial charge is 0.508 e. The summed E-state index contributed by atoms with van der Waals surface area (Å²) in [5.41, 5.74) is 3.32. The number of nitrogens with two attached hydrogens (primary N) is 1. The van der Waals surface area contributed by atoms with Crippen molar-refractivity contribution < 1.29 is 39.2 Å². The summed E-state index contributed by atoms with van der Waals surface area (Å²) in [5, 5.41) is 46.3. The number of hydrogen-bond acceptors (Lipinski definition) is 11. The number of aliphatic hydroxyl groups is 3. The Hall–Kier alpha value is -4.13. The predicted octanol–water partition coefficient (Wildman–Crippen LogP) is 1.89. The second-order valence-electron chi connectivity index (χ2n) is 12.8. The highest BCUT2D eigenvalue weighted by atomic mass is 16.4. The number of carbonyl (C=O) groups excluding carboxylic acids is 3. The van der Waals surface area contributed by atoms with Gasteiger partial charge in [0, 0.05) is 31.3 Å². The molecule has 1 aliphatic heterocycles. The maximum Gasteiger partial charge on any atom is 0.255 e. The van der Waals surface area contributed by atoms with Crippen LogP contribution in [0.25, 0.3) is 17.1 Å². The Kier molecular flexibility index (Phi) is 7.14. The number of phenols is 1. The van der Waals surface area contributed by atoms with Crippen molar-refractivity contribution in [2.24, 2.45) is 17.6 Å². The van der Waals surface area contributed by atoms with E-state index in [-0.39, 0.29) is 29.7 Å². The molecule has 0 spiro atoms. The van der Waals surface area contributed by atoms with Gasteiger partial charge in [0.1, 0.15) is 34.4 Å². The molecule has 6 rings (SSSR count). The number of hydrogen-bond donors (Lipinski definition) is 5. The summed E-state index contributed by atoms with van der Waals surface area (Å²) in [6, 6.07) is 4.26. The molecule has 2 heterocycles. The molecule has 12 heteroatoms. The fourth-order valence-corrected chi connectivity index (χ4v) is 7.65. The van der Waals surface area contributed by atoms with Crippen molar-refractivity contribution in [1.29, 1.82) is 0 Å². The molecule has 44 heavy (non-hydrogen) atoms. The number of benzene rings is 1. The number of likely N-dealkylation sites (tertiary alicyclic amines) is 1. The molecule has 12 nitrogen and oxygen atoms in total. The van der Waals surface area contributed by atoms with Crippen LogP contribution in [0, 0.1) is 11.8 Å². The van der Waals surface area contributed by atoms with Gasteiger partial charge in [-0.25, -0.2) is 0 Å². The lowest BCUT2D eigenvalue weighted by molar-refractivity contribution is -0.153. The van der Waals surface area contributed by atoms with Crippen molar-refractivity contribution in [3.05, 3.63) is 52.0 Å². The third-order valence-electron chi connectivity index (χ3n) is 9.68. The molecule has 1 saturated heterocycles. The maximum absolute atomic E-state index is 14.2. The number of Topliss-reactive ketones (excluding diaryl/α,β-unsaturated/α-hetero) is 2. The van der Waals surface area contributed by atoms with Crippen LogP contribution in [0.1, 0.15) is 36.1 Å². The second-order valence-corrected chi connectivity index (χ2v) is 12.8. The minimum absolute atomic E-state index is 0.0270. The number of anilines is 1. The number of phenolic OH excluding ortho intramolecular Hbond substituents is 1. The molecular weight excluding hydrogens is 568 g/mol. The molecule has 3 unspecified atom stereocenters. The number of nitrogens with zero attached hydrogens (tertiary/aromatic N) is 3. The molecule has 4 atom stereocenters. The third kappa shape index (κ3) is 4.26. The molecule has 0 bridgehead atoms. The minimum atomic E-state index is -2.69. The van der Waals surface area contributed by atoms with E-state index in [0.717, 1.165) is 31.7 Å². The van der Waals surface area contributed by atoms with E-state index in [1.165, 1.54) is 4.90 Å². The highest BCUT2D eigenvalue weighted by Gasteiger charge is 2.64. The van der Waals surface area contributed by atoms with Gasteiger partial charge in [-0.05, 0) is 82.5 Å². The molecule has 1 aromatic carbocycles. The van der Waals surface area contributed by atoms with Crippen molar-refractivity contribution in [2.75, 3.05) is 46.2 Å². The van der Waals surface area contributed by atoms with Crippen LogP contribution in [-0.2, 0) is 27.3 Å². The fraction of sp³-hybridized carbons (Fsp3) is 0.469. The highest BCUT2D eigenvalue weighted by molar-refractivity contribution is 6.24. The van der Waals surface area contributed by atoms with Crippen LogP contribution in [0.3, 0.4) is 0 Å². The van der Waals surface area contributed by atoms with E-state index in [1.54, 1.807) is 26.2 Å². The number of rotatable bonds is 6. The van der Waals surface area contributed by atoms with Gasteiger partial charge < -0.3 is 35.5 Å². The lowest BCUT2D eigenvalue weighted by atomic mass is 9.57. The molecule has 2 fully saturated rings. The zero-order valence-electron chi connectivity index (χ0n) is 25.3. The quantitative estimate of drug-likeness (QED) is 0.303. The minimum Gasteiger partial charge on any atom is -0.508 e. The van der Waals surface area contributed by atoms with Gasteiger partial charge in [0.25, 0.3) is 5.91 Å². The first-order chi connectivity index (χ1) is 20.8. The number of amides is 1. The van der Waals surface area contributed by atoms with Crippen LogP contribution in [0.2, 0.25) is 0 Å². The van der Waals surface area contributed by atoms with Gasteiger partial charge in [-0.3, -0.25) is 24.2 Å². The molecule has 3 aliphatic carbocycles. The summed E-state index contributed by atoms with van der Waals surface area (Å²) in [6.07, 6.45) is 2.50. The Morgan fingerprint density at radius 3 is 2.41 bits per heavy atom. The van der Waals surface area contributed by atoms with E-state index >= 15 is 0 Å². The number of primary amides is 1. The number of ketones is 2. The molecule has 0 radical (unpaired) electrons. The van der Waals surface area contributed by atoms with Crippen LogP contribution < -0.4 is 10.6 Å². The normalized spacial score (nSPS) is 27.1. The topological polar surface area (TPSA) is 181 Å². The van der Waals surface area contributed by atoms with E-state index < -0.39 is 58.0 Å². The predicted molar refractivity (Wildman–Crippen MR) is 161 cm³/mol. The molecule has 2 aromatic rings. The maximum atomic E-state index is 14.2. The van der Waals surface area contributed by atoms with Gasteiger partial charge in [0.2, 0.25) is 5.78 Å². The number of aliphatic hydroxyl groups excluding tert-OH is 2. The van der Waals surface area contributed by atoms with E-state index in [1.807, 2.05) is 25.1 Å². The van der Waals surface area contributed by atoms with Crippen molar-refractivity contribution >= 4 is 28.9 Å². The Morgan fingerprint density at radius 1 is 1.11 bits per heavy atom. The zero-order valence-corrected chi connectivity index (χ0v) is 25.3. The first-order valence-electron chi connectivity index (χ1n) is 14.8. The second kappa shape index (κ2) is 10.5. The highest BCUT2D eigenvalue weighted by Crippen LogP contribution is 2.55. The van der Waals surface area contributed by atoms with Crippen LogP contribution in [-0.4, -0.2) is 101 Å². The van der Waals surface area contributed by atoms with Crippen molar-refractivity contribution in [3.63, 3.8) is 0 Å². The Labute approximate surface area is 254 Å². The zero-order chi connectivity index (χ0) is 31.8. The molecule has 1 amide bonds. The van der Waals surface area contributed by atoms with Crippen LogP contribution >= 0.6 is 0 Å². The van der Waals surface area contributed by atoms with Crippen LogP contribution in [0.5, 0.6) is 5.75 Å². The summed E-state index contributed by atoms with van der Waals surface area (Å²) in [5.74, 6) is -5.69. The average molecular weight is 607 g/mol. The first kappa shape index (κ1) is 29.9. The number of likely N-dealkylation sites (N-methyl/N-ethyl adjacent to an activating group) is 1. The van der Waals surface area contributed by atoms with E-state index in [9.17, 15) is 34.8 Å². The number of fused-ring (bicyclic) bond motifs is 3. The van der Waals surface area contributed by atoms with Gasteiger partial charge >= 0.3 is 0 Å². The van der Waals surface area contributed by atoms with Crippen molar-refractivity contribution in [3.8, 4) is 17.1 Å².